The summed E-state index contributed by atoms with van der Waals surface area (Å²) in [5.74, 6) is -1.03. The number of hydrogen-bond acceptors (Lipinski definition) is 18. The van der Waals surface area contributed by atoms with Crippen LogP contribution < -0.4 is 21.9 Å². The number of nitrogens with two attached hydrogens (primary N) is 3. The van der Waals surface area contributed by atoms with Crippen LogP contribution in [0.1, 0.15) is 0 Å². The minimum Gasteiger partial charge on any atom is -0.505 e. The number of benzene rings is 6. The number of nitrogens with zero attached hydrogens (tertiary/aromatic N) is 7. The van der Waals surface area contributed by atoms with Crippen molar-refractivity contribution in [1.29, 1.82) is 0 Å². The third kappa shape index (κ3) is 11.3. The average Bonchev–Trinajstić information content (AvgIpc) is 3.16. The summed E-state index contributed by atoms with van der Waals surface area (Å²) in [6.07, 6.45) is 0. The van der Waals surface area contributed by atoms with Crippen LogP contribution in [0.2, 0.25) is 0 Å². The Hall–Kier alpha value is -5.45. The van der Waals surface area contributed by atoms with E-state index in [0.29, 0.717) is 34.9 Å². The number of aromatic hydroxyl groups is 1. The van der Waals surface area contributed by atoms with Crippen LogP contribution in [0.25, 0.3) is 10.8 Å². The number of phenolic OH excluding ortho intramolecular Hbond substituents is 1. The first-order chi connectivity index (χ1) is 27.7. The van der Waals surface area contributed by atoms with E-state index in [4.69, 9.17) is 17.2 Å². The number of nitro groups is 1. The molecular formula is C34H27N11Na2O11S3. The van der Waals surface area contributed by atoms with Gasteiger partial charge in [0.15, 0.2) is 5.75 Å². The third-order valence-corrected chi connectivity index (χ3v) is 11.2. The fraction of sp³-hybridized carbons (Fsp3) is 0. The topological polar surface area (TPSA) is 370 Å². The van der Waals surface area contributed by atoms with Gasteiger partial charge in [-0.2, -0.15) is 32.2 Å². The maximum Gasteiger partial charge on any atom is 0.296 e. The van der Waals surface area contributed by atoms with E-state index >= 15 is 0 Å². The van der Waals surface area contributed by atoms with E-state index in [1.807, 2.05) is 0 Å². The summed E-state index contributed by atoms with van der Waals surface area (Å²) >= 11 is 0. The molecule has 0 saturated carbocycles. The molecular weight excluding hydrogens is 881 g/mol. The number of phenols is 1. The minimum absolute atomic E-state index is 0. The van der Waals surface area contributed by atoms with Gasteiger partial charge >= 0.3 is 0 Å². The Morgan fingerprint density at radius 1 is 0.607 bits per heavy atom. The molecule has 0 spiro atoms. The smallest absolute Gasteiger partial charge is 0.296 e. The number of hydrogen-bond donors (Lipinski definition) is 7. The van der Waals surface area contributed by atoms with E-state index in [0.717, 1.165) is 36.4 Å². The molecule has 2 radical (unpaired) electrons. The average molecular weight is 908 g/mol. The fourth-order valence-electron chi connectivity index (χ4n) is 5.24. The van der Waals surface area contributed by atoms with E-state index in [1.165, 1.54) is 42.5 Å². The fourth-order valence-corrected chi connectivity index (χ4v) is 7.63. The molecule has 0 saturated heterocycles. The van der Waals surface area contributed by atoms with Crippen LogP contribution in [0.5, 0.6) is 5.75 Å². The number of nitro benzene ring substituents is 1. The van der Waals surface area contributed by atoms with Crippen molar-refractivity contribution in [2.24, 2.45) is 30.7 Å². The number of non-ortho nitro benzene ring substituents is 1. The molecule has 0 bridgehead atoms. The molecule has 6 aromatic rings. The molecule has 10 N–H and O–H groups in total. The molecule has 61 heavy (non-hydrogen) atoms. The van der Waals surface area contributed by atoms with Gasteiger partial charge in [0.1, 0.15) is 26.9 Å². The van der Waals surface area contributed by atoms with Gasteiger partial charge in [0.05, 0.1) is 43.6 Å². The van der Waals surface area contributed by atoms with E-state index in [-0.39, 0.29) is 86.8 Å². The second kappa shape index (κ2) is 19.1. The van der Waals surface area contributed by atoms with Gasteiger partial charge in [-0.1, -0.05) is 0 Å². The molecule has 0 atom stereocenters. The molecule has 22 nitrogen and oxygen atoms in total. The Bertz CT molecular complexity index is 3100. The summed E-state index contributed by atoms with van der Waals surface area (Å²) in [7, 11) is -14.5. The Labute approximate surface area is 390 Å². The molecule has 0 amide bonds. The summed E-state index contributed by atoms with van der Waals surface area (Å²) in [5.41, 5.74) is 16.9. The van der Waals surface area contributed by atoms with Crippen LogP contribution >= 0.6 is 0 Å². The first kappa shape index (κ1) is 48.2. The van der Waals surface area contributed by atoms with Crippen LogP contribution in [0.3, 0.4) is 0 Å². The van der Waals surface area contributed by atoms with Crippen molar-refractivity contribution < 1.29 is 44.4 Å². The second-order valence-electron chi connectivity index (χ2n) is 12.1. The van der Waals surface area contributed by atoms with Gasteiger partial charge in [-0.25, -0.2) is 8.42 Å². The van der Waals surface area contributed by atoms with Gasteiger partial charge in [0.2, 0.25) is 0 Å². The van der Waals surface area contributed by atoms with E-state index in [9.17, 15) is 49.6 Å². The standard InChI is InChI=1S/C34H27N11O11S3.2Na/c35-19-1-14-27(26(36)17-19)41-38-20-2-4-23(5-3-20)44-57(49,50)25-12-8-22(9-13-25)39-42-32-28(58(51,52)53)15-18-16-29(59(54,55)56)33(34(46)30(18)31(32)37)43-40-21-6-10-24(11-7-21)45(47)48;;/h1-17,44,46H,35-37H2,(H,51,52,53)(H,54,55,56);;. The monoisotopic (exact) mass is 907 g/mol. The Balaban J connectivity index is 0.00000410. The molecule has 0 unspecified atom stereocenters. The number of anilines is 4. The maximum absolute atomic E-state index is 13.1. The summed E-state index contributed by atoms with van der Waals surface area (Å²) < 4.78 is 98.2. The largest absolute Gasteiger partial charge is 0.505 e. The normalized spacial score (nSPS) is 12.1. The van der Waals surface area contributed by atoms with Gasteiger partial charge in [0, 0.05) is 82.6 Å². The van der Waals surface area contributed by atoms with Crippen molar-refractivity contribution >= 4 is 163 Å². The number of fused-ring (bicyclic) bond motifs is 1. The number of sulfonamides is 1. The predicted molar refractivity (Wildman–Crippen MR) is 226 cm³/mol. The first-order valence-corrected chi connectivity index (χ1v) is 20.5. The second-order valence-corrected chi connectivity index (χ2v) is 16.6. The van der Waals surface area contributed by atoms with Crippen molar-refractivity contribution in [2.75, 3.05) is 21.9 Å². The quantitative estimate of drug-likeness (QED) is 0.0163. The zero-order valence-electron chi connectivity index (χ0n) is 31.5. The van der Waals surface area contributed by atoms with Crippen LogP contribution in [0.15, 0.2) is 149 Å². The van der Waals surface area contributed by atoms with Crippen LogP contribution in [0.4, 0.5) is 62.6 Å². The van der Waals surface area contributed by atoms with Gasteiger partial charge in [0.25, 0.3) is 35.9 Å². The van der Waals surface area contributed by atoms with Crippen LogP contribution in [-0.2, 0) is 30.3 Å². The summed E-state index contributed by atoms with van der Waals surface area (Å²) in [6, 6.07) is 21.3. The molecule has 304 valence electrons. The summed E-state index contributed by atoms with van der Waals surface area (Å²) in [6.45, 7) is 0. The van der Waals surface area contributed by atoms with E-state index in [2.05, 4.69) is 35.4 Å². The summed E-state index contributed by atoms with van der Waals surface area (Å²) in [4.78, 5) is 8.04. The molecule has 0 aromatic heterocycles. The zero-order chi connectivity index (χ0) is 42.9. The molecule has 0 aliphatic carbocycles. The maximum atomic E-state index is 13.1. The van der Waals surface area contributed by atoms with Crippen LogP contribution in [0, 0.1) is 10.1 Å². The third-order valence-electron chi connectivity index (χ3n) is 8.05. The Kier molecular flexibility index (Phi) is 15.1. The van der Waals surface area contributed by atoms with Crippen LogP contribution in [-0.4, -0.2) is 104 Å². The number of azo groups is 3. The molecule has 6 rings (SSSR count). The minimum atomic E-state index is -5.19. The van der Waals surface area contributed by atoms with Crippen molar-refractivity contribution in [1.82, 2.24) is 0 Å². The van der Waals surface area contributed by atoms with Gasteiger partial charge in [-0.15, -0.1) is 15.3 Å². The van der Waals surface area contributed by atoms with Gasteiger partial charge in [-0.05, 0) is 96.4 Å². The molecule has 0 aliphatic heterocycles. The van der Waals surface area contributed by atoms with Crippen molar-refractivity contribution in [3.8, 4) is 5.75 Å². The first-order valence-electron chi connectivity index (χ1n) is 16.2. The van der Waals surface area contributed by atoms with Gasteiger partial charge in [-0.3, -0.25) is 23.9 Å². The van der Waals surface area contributed by atoms with Gasteiger partial charge < -0.3 is 22.3 Å². The molecule has 0 aliphatic rings. The van der Waals surface area contributed by atoms with Crippen molar-refractivity contribution in [3.05, 3.63) is 113 Å². The molecule has 0 fully saturated rings. The summed E-state index contributed by atoms with van der Waals surface area (Å²) in [5, 5.41) is 44.7. The number of nitrogen functional groups attached to an aromatic ring is 3. The van der Waals surface area contributed by atoms with E-state index in [1.54, 1.807) is 12.1 Å². The molecule has 0 heterocycles. The Morgan fingerprint density at radius 2 is 1.08 bits per heavy atom. The Morgan fingerprint density at radius 3 is 1.59 bits per heavy atom. The zero-order valence-corrected chi connectivity index (χ0v) is 38.0. The van der Waals surface area contributed by atoms with E-state index < -0.39 is 78.6 Å². The molecule has 6 aromatic carbocycles. The van der Waals surface area contributed by atoms with Crippen molar-refractivity contribution in [3.63, 3.8) is 0 Å². The number of nitrogens with one attached hydrogen (secondary N) is 1. The number of rotatable bonds is 12. The SMILES string of the molecule is Nc1ccc(N=Nc2ccc(NS(=O)(=O)c3ccc(N=Nc4c(S(=O)(=O)O)cc5cc(S(=O)(=O)O)c(N=Nc6ccc([N+](=O)[O-])cc6)c(O)c5c4N)cc3)cc2)c(N)c1.[Na].[Na]. The van der Waals surface area contributed by atoms with Crippen molar-refractivity contribution in [2.45, 2.75) is 14.7 Å². The predicted octanol–water partition coefficient (Wildman–Crippen LogP) is 6.98. The molecule has 27 heteroatoms.